The third-order valence-electron chi connectivity index (χ3n) is 4.57. The van der Waals surface area contributed by atoms with E-state index in [-0.39, 0.29) is 18.1 Å². The Hall–Kier alpha value is -2.28. The van der Waals surface area contributed by atoms with Gasteiger partial charge in [-0.05, 0) is 30.5 Å². The van der Waals surface area contributed by atoms with Gasteiger partial charge in [-0.15, -0.1) is 11.3 Å². The molecule has 0 spiro atoms. The molecule has 1 aromatic carbocycles. The van der Waals surface area contributed by atoms with Gasteiger partial charge < -0.3 is 19.4 Å². The number of benzene rings is 1. The number of thiophene rings is 1. The smallest absolute Gasteiger partial charge is 0.255 e. The molecule has 1 atom stereocenters. The Morgan fingerprint density at radius 2 is 2.00 bits per heavy atom. The number of aromatic nitrogens is 1. The van der Waals surface area contributed by atoms with Gasteiger partial charge >= 0.3 is 0 Å². The van der Waals surface area contributed by atoms with E-state index in [1.54, 1.807) is 36.2 Å². The maximum atomic E-state index is 13.1. The van der Waals surface area contributed by atoms with Crippen LogP contribution in [-0.2, 0) is 13.1 Å². The van der Waals surface area contributed by atoms with Crippen molar-refractivity contribution < 1.29 is 9.47 Å². The Labute approximate surface area is 173 Å². The normalized spacial score (nSPS) is 12.1. The van der Waals surface area contributed by atoms with E-state index in [9.17, 15) is 4.79 Å². The van der Waals surface area contributed by atoms with E-state index < -0.39 is 0 Å². The minimum atomic E-state index is -0.104. The molecule has 5 nitrogen and oxygen atoms in total. The first-order chi connectivity index (χ1) is 13.4. The first kappa shape index (κ1) is 20.5. The van der Waals surface area contributed by atoms with Crippen LogP contribution in [-0.4, -0.2) is 18.8 Å². The largest absolute Gasteiger partial charge is 0.493 e. The van der Waals surface area contributed by atoms with Crippen LogP contribution in [0.3, 0.4) is 0 Å². The molecule has 7 heteroatoms. The second kappa shape index (κ2) is 8.82. The molecule has 0 saturated heterocycles. The van der Waals surface area contributed by atoms with Crippen LogP contribution in [0.2, 0.25) is 0 Å². The van der Waals surface area contributed by atoms with Crippen LogP contribution in [0.25, 0.3) is 10.9 Å². The van der Waals surface area contributed by atoms with Crippen molar-refractivity contribution in [3.63, 3.8) is 0 Å². The van der Waals surface area contributed by atoms with Crippen molar-refractivity contribution in [1.29, 1.82) is 0 Å². The monoisotopic (exact) mass is 418 g/mol. The predicted molar refractivity (Wildman–Crippen MR) is 116 cm³/mol. The van der Waals surface area contributed by atoms with E-state index >= 15 is 0 Å². The van der Waals surface area contributed by atoms with E-state index in [0.717, 1.165) is 10.9 Å². The van der Waals surface area contributed by atoms with Gasteiger partial charge in [0, 0.05) is 39.5 Å². The molecule has 0 bridgehead atoms. The number of fused-ring (bicyclic) bond motifs is 1. The molecular formula is C21H23ClN2O3S. The molecular weight excluding hydrogens is 396 g/mol. The SMILES string of the molecule is C=C(Cl)Cn1c(=O)c(CN[C@@H](C)c2cccs2)cc2cc(OC)c(OC)cc21. The minimum absolute atomic E-state index is 0.104. The summed E-state index contributed by atoms with van der Waals surface area (Å²) < 4.78 is 12.4. The standard InChI is InChI=1S/C21H23ClN2O3S/c1-13(22)12-24-17-10-19(27-4)18(26-3)9-15(17)8-16(21(24)25)11-23-14(2)20-6-5-7-28-20/h5-10,14,23H,1,11-12H2,2-4H3/t14-/m0/s1. The molecule has 1 N–H and O–H groups in total. The van der Waals surface area contributed by atoms with E-state index in [4.69, 9.17) is 21.1 Å². The molecule has 3 rings (SSSR count). The van der Waals surface area contributed by atoms with Gasteiger partial charge in [0.25, 0.3) is 5.56 Å². The van der Waals surface area contributed by atoms with E-state index in [1.165, 1.54) is 4.88 Å². The van der Waals surface area contributed by atoms with Gasteiger partial charge in [0.1, 0.15) is 0 Å². The summed E-state index contributed by atoms with van der Waals surface area (Å²) in [6, 6.07) is 9.80. The number of halogens is 1. The average Bonchev–Trinajstić information content (AvgIpc) is 3.22. The zero-order valence-corrected chi connectivity index (χ0v) is 17.7. The molecule has 28 heavy (non-hydrogen) atoms. The Balaban J connectivity index is 2.05. The van der Waals surface area contributed by atoms with Crippen molar-refractivity contribution >= 4 is 33.8 Å². The Bertz CT molecular complexity index is 1040. The van der Waals surface area contributed by atoms with Gasteiger partial charge in [0.2, 0.25) is 0 Å². The van der Waals surface area contributed by atoms with E-state index in [2.05, 4.69) is 24.9 Å². The van der Waals surface area contributed by atoms with Gasteiger partial charge in [-0.3, -0.25) is 4.79 Å². The van der Waals surface area contributed by atoms with Crippen LogP contribution in [0.4, 0.5) is 0 Å². The summed E-state index contributed by atoms with van der Waals surface area (Å²) in [5, 5.41) is 6.72. The quantitative estimate of drug-likeness (QED) is 0.577. The molecule has 0 aliphatic carbocycles. The molecule has 0 radical (unpaired) electrons. The van der Waals surface area contributed by atoms with Gasteiger partial charge in [-0.25, -0.2) is 0 Å². The van der Waals surface area contributed by atoms with Crippen LogP contribution in [0.5, 0.6) is 11.5 Å². The highest BCUT2D eigenvalue weighted by Crippen LogP contribution is 2.32. The van der Waals surface area contributed by atoms with Crippen molar-refractivity contribution in [2.45, 2.75) is 26.1 Å². The minimum Gasteiger partial charge on any atom is -0.493 e. The molecule has 3 aromatic rings. The fraction of sp³-hybridized carbons (Fsp3) is 0.286. The highest BCUT2D eigenvalue weighted by molar-refractivity contribution is 7.10. The molecule has 148 valence electrons. The molecule has 0 saturated carbocycles. The third kappa shape index (κ3) is 4.24. The first-order valence-electron chi connectivity index (χ1n) is 8.83. The lowest BCUT2D eigenvalue weighted by molar-refractivity contribution is 0.355. The number of pyridine rings is 1. The Morgan fingerprint density at radius 1 is 1.29 bits per heavy atom. The molecule has 0 fully saturated rings. The summed E-state index contributed by atoms with van der Waals surface area (Å²) in [6.45, 7) is 6.50. The van der Waals surface area contributed by atoms with Gasteiger partial charge in [-0.2, -0.15) is 0 Å². The fourth-order valence-electron chi connectivity index (χ4n) is 3.12. The number of ether oxygens (including phenoxy) is 2. The van der Waals surface area contributed by atoms with Crippen LogP contribution >= 0.6 is 22.9 Å². The maximum Gasteiger partial charge on any atom is 0.255 e. The lowest BCUT2D eigenvalue weighted by Gasteiger charge is -2.17. The topological polar surface area (TPSA) is 52.5 Å². The van der Waals surface area contributed by atoms with Crippen LogP contribution < -0.4 is 20.3 Å². The van der Waals surface area contributed by atoms with Crippen molar-refractivity contribution in [2.24, 2.45) is 0 Å². The van der Waals surface area contributed by atoms with Crippen molar-refractivity contribution in [3.8, 4) is 11.5 Å². The number of hydrogen-bond donors (Lipinski definition) is 1. The molecule has 2 heterocycles. The van der Waals surface area contributed by atoms with Gasteiger partial charge in [0.05, 0.1) is 26.3 Å². The molecule has 0 unspecified atom stereocenters. The van der Waals surface area contributed by atoms with Crippen molar-refractivity contribution in [2.75, 3.05) is 14.2 Å². The summed E-state index contributed by atoms with van der Waals surface area (Å²) in [5.74, 6) is 1.16. The highest BCUT2D eigenvalue weighted by Gasteiger charge is 2.15. The third-order valence-corrected chi connectivity index (χ3v) is 5.75. The number of methoxy groups -OCH3 is 2. The molecule has 0 amide bonds. The summed E-state index contributed by atoms with van der Waals surface area (Å²) in [4.78, 5) is 14.3. The fourth-order valence-corrected chi connectivity index (χ4v) is 4.00. The molecule has 0 aliphatic rings. The number of hydrogen-bond acceptors (Lipinski definition) is 5. The number of allylic oxidation sites excluding steroid dienone is 1. The second-order valence-corrected chi connectivity index (χ2v) is 7.98. The van der Waals surface area contributed by atoms with Gasteiger partial charge in [-0.1, -0.05) is 24.2 Å². The summed E-state index contributed by atoms with van der Waals surface area (Å²) in [5.41, 5.74) is 1.27. The van der Waals surface area contributed by atoms with Crippen LogP contribution in [0.15, 0.2) is 52.1 Å². The maximum absolute atomic E-state index is 13.1. The number of rotatable bonds is 8. The van der Waals surface area contributed by atoms with Crippen LogP contribution in [0, 0.1) is 0 Å². The summed E-state index contributed by atoms with van der Waals surface area (Å²) in [6.07, 6.45) is 0. The Morgan fingerprint density at radius 3 is 2.61 bits per heavy atom. The molecule has 0 aliphatic heterocycles. The van der Waals surface area contributed by atoms with Gasteiger partial charge in [0.15, 0.2) is 11.5 Å². The first-order valence-corrected chi connectivity index (χ1v) is 10.1. The molecule has 2 aromatic heterocycles. The van der Waals surface area contributed by atoms with Crippen molar-refractivity contribution in [1.82, 2.24) is 9.88 Å². The Kier molecular flexibility index (Phi) is 6.44. The summed E-state index contributed by atoms with van der Waals surface area (Å²) >= 11 is 7.73. The average molecular weight is 419 g/mol. The number of nitrogens with one attached hydrogen (secondary N) is 1. The number of nitrogens with zero attached hydrogens (tertiary/aromatic N) is 1. The lowest BCUT2D eigenvalue weighted by atomic mass is 10.1. The zero-order valence-electron chi connectivity index (χ0n) is 16.1. The van der Waals surface area contributed by atoms with Crippen molar-refractivity contribution in [3.05, 3.63) is 68.1 Å². The van der Waals surface area contributed by atoms with E-state index in [1.807, 2.05) is 23.6 Å². The predicted octanol–water partition coefficient (Wildman–Crippen LogP) is 4.68. The summed E-state index contributed by atoms with van der Waals surface area (Å²) in [7, 11) is 3.16. The highest BCUT2D eigenvalue weighted by atomic mass is 35.5. The van der Waals surface area contributed by atoms with Crippen LogP contribution in [0.1, 0.15) is 23.4 Å². The second-order valence-electron chi connectivity index (χ2n) is 6.46. The van der Waals surface area contributed by atoms with E-state index in [0.29, 0.717) is 28.6 Å². The lowest BCUT2D eigenvalue weighted by Crippen LogP contribution is -2.28. The zero-order chi connectivity index (χ0) is 20.3.